The van der Waals surface area contributed by atoms with Crippen molar-refractivity contribution in [1.29, 1.82) is 0 Å². The van der Waals surface area contributed by atoms with Crippen LogP contribution in [0.2, 0.25) is 0 Å². The number of hydrogen-bond acceptors (Lipinski definition) is 4. The van der Waals surface area contributed by atoms with E-state index >= 15 is 0 Å². The van der Waals surface area contributed by atoms with Gasteiger partial charge >= 0.3 is 0 Å². The quantitative estimate of drug-likeness (QED) is 0.498. The van der Waals surface area contributed by atoms with Crippen molar-refractivity contribution in [1.82, 2.24) is 10.2 Å². The fraction of sp³-hybridized carbons (Fsp3) is 1.00. The minimum atomic E-state index is 0.711. The third-order valence-corrected chi connectivity index (χ3v) is 2.40. The Balaban J connectivity index is 2.89. The van der Waals surface area contributed by atoms with Crippen molar-refractivity contribution in [3.63, 3.8) is 0 Å². The van der Waals surface area contributed by atoms with Gasteiger partial charge in [-0.25, -0.2) is 0 Å². The lowest BCUT2D eigenvalue weighted by Crippen LogP contribution is -2.24. The van der Waals surface area contributed by atoms with E-state index in [0.717, 1.165) is 45.9 Å². The van der Waals surface area contributed by atoms with Gasteiger partial charge < -0.3 is 19.7 Å². The molecule has 0 radical (unpaired) electrons. The van der Waals surface area contributed by atoms with E-state index in [9.17, 15) is 0 Å². The van der Waals surface area contributed by atoms with Crippen LogP contribution in [-0.4, -0.2) is 65.1 Å². The van der Waals surface area contributed by atoms with Gasteiger partial charge in [0.05, 0.1) is 19.8 Å². The van der Waals surface area contributed by atoms with E-state index in [2.05, 4.69) is 31.2 Å². The summed E-state index contributed by atoms with van der Waals surface area (Å²) >= 11 is 0. The first-order valence-corrected chi connectivity index (χ1v) is 6.78. The molecule has 1 N–H and O–H groups in total. The van der Waals surface area contributed by atoms with Gasteiger partial charge in [0.15, 0.2) is 0 Å². The highest BCUT2D eigenvalue weighted by Gasteiger charge is 1.92. The summed E-state index contributed by atoms with van der Waals surface area (Å²) in [6.07, 6.45) is 3.53. The molecule has 0 aromatic carbocycles. The number of nitrogens with zero attached hydrogens (tertiary/aromatic N) is 1. The summed E-state index contributed by atoms with van der Waals surface area (Å²) in [5.74, 6) is 0. The maximum absolute atomic E-state index is 5.44. The maximum Gasteiger partial charge on any atom is 0.0701 e. The van der Waals surface area contributed by atoms with Gasteiger partial charge in [0.2, 0.25) is 0 Å². The maximum atomic E-state index is 5.44. The van der Waals surface area contributed by atoms with Crippen LogP contribution in [0.25, 0.3) is 0 Å². The van der Waals surface area contributed by atoms with Crippen molar-refractivity contribution >= 4 is 0 Å². The molecule has 0 fully saturated rings. The number of nitrogens with one attached hydrogen (secondary N) is 1. The van der Waals surface area contributed by atoms with E-state index in [4.69, 9.17) is 9.47 Å². The molecule has 0 spiro atoms. The Labute approximate surface area is 107 Å². The van der Waals surface area contributed by atoms with E-state index in [1.165, 1.54) is 12.8 Å². The SMILES string of the molecule is CCCCOCCOCCNCCCN(C)C. The molecule has 0 aliphatic rings. The second-order valence-corrected chi connectivity index (χ2v) is 4.49. The summed E-state index contributed by atoms with van der Waals surface area (Å²) in [4.78, 5) is 2.20. The topological polar surface area (TPSA) is 33.7 Å². The standard InChI is InChI=1S/C13H30N2O2/c1-4-5-10-16-12-13-17-11-8-14-7-6-9-15(2)3/h14H,4-13H2,1-3H3. The molecule has 0 saturated heterocycles. The Hall–Kier alpha value is -0.160. The third-order valence-electron chi connectivity index (χ3n) is 2.40. The number of ether oxygens (including phenoxy) is 2. The molecule has 0 aromatic rings. The first-order chi connectivity index (χ1) is 8.27. The molecule has 4 nitrogen and oxygen atoms in total. The van der Waals surface area contributed by atoms with E-state index < -0.39 is 0 Å². The molecule has 0 saturated carbocycles. The normalized spacial score (nSPS) is 11.3. The van der Waals surface area contributed by atoms with Crippen molar-refractivity contribution in [2.45, 2.75) is 26.2 Å². The monoisotopic (exact) mass is 246 g/mol. The lowest BCUT2D eigenvalue weighted by atomic mass is 10.4. The highest BCUT2D eigenvalue weighted by Crippen LogP contribution is 1.87. The predicted molar refractivity (Wildman–Crippen MR) is 72.6 cm³/mol. The van der Waals surface area contributed by atoms with Crippen LogP contribution in [0.15, 0.2) is 0 Å². The highest BCUT2D eigenvalue weighted by molar-refractivity contribution is 4.50. The van der Waals surface area contributed by atoms with Gasteiger partial charge in [-0.15, -0.1) is 0 Å². The Morgan fingerprint density at radius 1 is 0.882 bits per heavy atom. The largest absolute Gasteiger partial charge is 0.379 e. The molecule has 17 heavy (non-hydrogen) atoms. The van der Waals surface area contributed by atoms with E-state index in [0.29, 0.717) is 6.61 Å². The smallest absolute Gasteiger partial charge is 0.0701 e. The van der Waals surface area contributed by atoms with Gasteiger partial charge in [-0.05, 0) is 40.0 Å². The van der Waals surface area contributed by atoms with Gasteiger partial charge in [-0.2, -0.15) is 0 Å². The first kappa shape index (κ1) is 16.8. The van der Waals surface area contributed by atoms with Gasteiger partial charge in [-0.3, -0.25) is 0 Å². The third kappa shape index (κ3) is 15.8. The summed E-state index contributed by atoms with van der Waals surface area (Å²) in [7, 11) is 4.20. The Morgan fingerprint density at radius 3 is 2.24 bits per heavy atom. The van der Waals surface area contributed by atoms with Crippen LogP contribution in [0.3, 0.4) is 0 Å². The number of hydrogen-bond donors (Lipinski definition) is 1. The Morgan fingerprint density at radius 2 is 1.59 bits per heavy atom. The molecule has 0 amide bonds. The molecular formula is C13H30N2O2. The van der Waals surface area contributed by atoms with Gasteiger partial charge in [0, 0.05) is 13.2 Å². The van der Waals surface area contributed by atoms with Crippen LogP contribution in [-0.2, 0) is 9.47 Å². The average Bonchev–Trinajstić information content (AvgIpc) is 2.30. The summed E-state index contributed by atoms with van der Waals surface area (Å²) in [5.41, 5.74) is 0. The molecule has 0 unspecified atom stereocenters. The van der Waals surface area contributed by atoms with Gasteiger partial charge in [-0.1, -0.05) is 13.3 Å². The van der Waals surface area contributed by atoms with E-state index in [-0.39, 0.29) is 0 Å². The van der Waals surface area contributed by atoms with Crippen LogP contribution in [0.4, 0.5) is 0 Å². The van der Waals surface area contributed by atoms with Crippen LogP contribution >= 0.6 is 0 Å². The first-order valence-electron chi connectivity index (χ1n) is 6.78. The average molecular weight is 246 g/mol. The Bertz CT molecular complexity index is 143. The molecule has 4 heteroatoms. The molecule has 0 aromatic heterocycles. The molecule has 0 atom stereocenters. The minimum absolute atomic E-state index is 0.711. The van der Waals surface area contributed by atoms with Crippen LogP contribution < -0.4 is 5.32 Å². The Kier molecular flexibility index (Phi) is 13.8. The van der Waals surface area contributed by atoms with Gasteiger partial charge in [0.1, 0.15) is 0 Å². The fourth-order valence-corrected chi connectivity index (χ4v) is 1.36. The van der Waals surface area contributed by atoms with Gasteiger partial charge in [0.25, 0.3) is 0 Å². The molecule has 0 rings (SSSR count). The summed E-state index contributed by atoms with van der Waals surface area (Å²) in [5, 5.41) is 3.36. The van der Waals surface area contributed by atoms with Crippen molar-refractivity contribution in [3.8, 4) is 0 Å². The second-order valence-electron chi connectivity index (χ2n) is 4.49. The zero-order valence-electron chi connectivity index (χ0n) is 11.8. The van der Waals surface area contributed by atoms with Crippen molar-refractivity contribution in [2.24, 2.45) is 0 Å². The number of unbranched alkanes of at least 4 members (excludes halogenated alkanes) is 1. The lowest BCUT2D eigenvalue weighted by Gasteiger charge is -2.10. The fourth-order valence-electron chi connectivity index (χ4n) is 1.36. The number of rotatable bonds is 13. The molecule has 0 heterocycles. The molecular weight excluding hydrogens is 216 g/mol. The predicted octanol–water partition coefficient (Wildman–Crippen LogP) is 1.36. The molecule has 0 aliphatic heterocycles. The van der Waals surface area contributed by atoms with Crippen LogP contribution in [0.1, 0.15) is 26.2 Å². The molecule has 0 bridgehead atoms. The summed E-state index contributed by atoms with van der Waals surface area (Å²) in [6, 6.07) is 0. The van der Waals surface area contributed by atoms with Crippen molar-refractivity contribution < 1.29 is 9.47 Å². The van der Waals surface area contributed by atoms with E-state index in [1.54, 1.807) is 0 Å². The summed E-state index contributed by atoms with van der Waals surface area (Å²) in [6.45, 7) is 8.38. The molecule has 0 aliphatic carbocycles. The summed E-state index contributed by atoms with van der Waals surface area (Å²) < 4.78 is 10.8. The van der Waals surface area contributed by atoms with Crippen LogP contribution in [0.5, 0.6) is 0 Å². The van der Waals surface area contributed by atoms with Crippen molar-refractivity contribution in [2.75, 3.05) is 60.2 Å². The van der Waals surface area contributed by atoms with Crippen LogP contribution in [0, 0.1) is 0 Å². The van der Waals surface area contributed by atoms with E-state index in [1.807, 2.05) is 0 Å². The zero-order chi connectivity index (χ0) is 12.8. The zero-order valence-corrected chi connectivity index (χ0v) is 11.8. The second kappa shape index (κ2) is 13.9. The highest BCUT2D eigenvalue weighted by atomic mass is 16.5. The molecule has 104 valence electrons. The lowest BCUT2D eigenvalue weighted by molar-refractivity contribution is 0.0478. The minimum Gasteiger partial charge on any atom is -0.379 e. The van der Waals surface area contributed by atoms with Crippen molar-refractivity contribution in [3.05, 3.63) is 0 Å².